The van der Waals surface area contributed by atoms with Crippen LogP contribution in [-0.4, -0.2) is 70.0 Å². The van der Waals surface area contributed by atoms with Crippen LogP contribution in [0.15, 0.2) is 59.8 Å². The minimum absolute atomic E-state index is 0.0820. The summed E-state index contributed by atoms with van der Waals surface area (Å²) in [6.07, 6.45) is 7.29. The minimum atomic E-state index is -0.387. The smallest absolute Gasteiger partial charge is 0.269 e. The number of nitro benzene ring substituents is 1. The highest BCUT2D eigenvalue weighted by Crippen LogP contribution is 2.23. The Morgan fingerprint density at radius 2 is 1.62 bits per heavy atom. The zero-order chi connectivity index (χ0) is 27.3. The van der Waals surface area contributed by atoms with Crippen LogP contribution < -0.4 is 15.2 Å². The fourth-order valence-electron chi connectivity index (χ4n) is 5.13. The predicted molar refractivity (Wildman–Crippen MR) is 154 cm³/mol. The Hall–Kier alpha value is -4.58. The highest BCUT2D eigenvalue weighted by Gasteiger charge is 2.20. The summed E-state index contributed by atoms with van der Waals surface area (Å²) < 4.78 is 7.63. The number of nitrogens with one attached hydrogen (secondary N) is 1. The first kappa shape index (κ1) is 25.7. The first-order chi connectivity index (χ1) is 19.6. The van der Waals surface area contributed by atoms with E-state index in [1.165, 1.54) is 18.6 Å². The number of hydrogen-bond donors (Lipinski definition) is 1. The molecular weight excluding hydrogens is 510 g/mol. The lowest BCUT2D eigenvalue weighted by molar-refractivity contribution is -0.384. The van der Waals surface area contributed by atoms with E-state index in [1.807, 2.05) is 18.3 Å². The molecule has 2 aliphatic heterocycles. The molecule has 2 saturated heterocycles. The molecule has 0 unspecified atom stereocenters. The Labute approximate surface area is 231 Å². The number of fused-ring (bicyclic) bond motifs is 1. The van der Waals surface area contributed by atoms with Gasteiger partial charge in [-0.15, -0.1) is 0 Å². The average molecular weight is 542 g/mol. The van der Waals surface area contributed by atoms with Crippen LogP contribution in [0.2, 0.25) is 0 Å². The zero-order valence-corrected chi connectivity index (χ0v) is 22.1. The molecular formula is C28H31N9O3. The van der Waals surface area contributed by atoms with Gasteiger partial charge in [-0.3, -0.25) is 10.1 Å². The number of nitrogens with zero attached hydrogens (tertiary/aromatic N) is 8. The van der Waals surface area contributed by atoms with Gasteiger partial charge in [-0.1, -0.05) is 30.3 Å². The highest BCUT2D eigenvalue weighted by atomic mass is 16.6. The molecule has 0 bridgehead atoms. The van der Waals surface area contributed by atoms with Crippen LogP contribution in [0.3, 0.4) is 0 Å². The molecule has 4 aromatic rings. The summed E-state index contributed by atoms with van der Waals surface area (Å²) in [5.41, 5.74) is 6.08. The van der Waals surface area contributed by atoms with Crippen LogP contribution >= 0.6 is 0 Å². The average Bonchev–Trinajstić information content (AvgIpc) is 3.35. The van der Waals surface area contributed by atoms with Gasteiger partial charge in [-0.05, 0) is 30.9 Å². The summed E-state index contributed by atoms with van der Waals surface area (Å²) in [5, 5.41) is 16.6. The number of rotatable bonds is 8. The maximum Gasteiger partial charge on any atom is 0.269 e. The maximum atomic E-state index is 11.0. The largest absolute Gasteiger partial charge is 0.378 e. The summed E-state index contributed by atoms with van der Waals surface area (Å²) in [4.78, 5) is 29.1. The summed E-state index contributed by atoms with van der Waals surface area (Å²) in [6.45, 7) is 5.22. The fourth-order valence-corrected chi connectivity index (χ4v) is 5.13. The lowest BCUT2D eigenvalue weighted by atomic mass is 10.1. The Balaban J connectivity index is 1.24. The van der Waals surface area contributed by atoms with E-state index in [2.05, 4.69) is 42.0 Å². The molecule has 0 spiro atoms. The van der Waals surface area contributed by atoms with Gasteiger partial charge in [-0.2, -0.15) is 20.1 Å². The van der Waals surface area contributed by atoms with E-state index in [0.29, 0.717) is 37.6 Å². The number of non-ortho nitro benzene ring substituents is 1. The maximum absolute atomic E-state index is 11.0. The lowest BCUT2D eigenvalue weighted by Gasteiger charge is -2.30. The fraction of sp³-hybridized carbons (Fsp3) is 0.357. The predicted octanol–water partition coefficient (Wildman–Crippen LogP) is 4.06. The molecule has 0 aliphatic carbocycles. The highest BCUT2D eigenvalue weighted by molar-refractivity contribution is 5.99. The van der Waals surface area contributed by atoms with E-state index in [1.54, 1.807) is 18.3 Å². The van der Waals surface area contributed by atoms with E-state index < -0.39 is 0 Å². The molecule has 6 rings (SSSR count). The van der Waals surface area contributed by atoms with Crippen molar-refractivity contribution in [2.75, 3.05) is 54.6 Å². The van der Waals surface area contributed by atoms with E-state index in [-0.39, 0.29) is 10.6 Å². The second-order valence-corrected chi connectivity index (χ2v) is 9.93. The number of morpholine rings is 1. The van der Waals surface area contributed by atoms with Crippen LogP contribution in [0.25, 0.3) is 10.9 Å². The molecule has 2 aliphatic rings. The Kier molecular flexibility index (Phi) is 7.49. The third-order valence-electron chi connectivity index (χ3n) is 7.23. The molecule has 0 amide bonds. The molecule has 0 atom stereocenters. The van der Waals surface area contributed by atoms with Gasteiger partial charge in [0.25, 0.3) is 5.69 Å². The van der Waals surface area contributed by atoms with Gasteiger partial charge in [0.1, 0.15) is 0 Å². The molecule has 12 nitrogen and oxygen atoms in total. The van der Waals surface area contributed by atoms with Crippen LogP contribution in [0, 0.1) is 10.1 Å². The molecule has 4 heterocycles. The van der Waals surface area contributed by atoms with Crippen molar-refractivity contribution >= 4 is 40.6 Å². The quantitative estimate of drug-likeness (QED) is 0.200. The van der Waals surface area contributed by atoms with Gasteiger partial charge >= 0.3 is 0 Å². The number of benzene rings is 2. The van der Waals surface area contributed by atoms with Crippen molar-refractivity contribution < 1.29 is 9.66 Å². The van der Waals surface area contributed by atoms with Gasteiger partial charge < -0.3 is 19.1 Å². The number of para-hydroxylation sites is 1. The molecule has 206 valence electrons. The molecule has 2 aromatic heterocycles. The van der Waals surface area contributed by atoms with Crippen molar-refractivity contribution in [1.82, 2.24) is 19.5 Å². The van der Waals surface area contributed by atoms with Crippen molar-refractivity contribution in [2.24, 2.45) is 5.10 Å². The molecule has 2 aromatic carbocycles. The summed E-state index contributed by atoms with van der Waals surface area (Å²) in [5.74, 6) is 1.72. The van der Waals surface area contributed by atoms with Crippen molar-refractivity contribution in [1.29, 1.82) is 0 Å². The minimum Gasteiger partial charge on any atom is -0.378 e. The van der Waals surface area contributed by atoms with Crippen molar-refractivity contribution in [3.8, 4) is 0 Å². The van der Waals surface area contributed by atoms with Gasteiger partial charge in [0.05, 0.1) is 24.4 Å². The van der Waals surface area contributed by atoms with Gasteiger partial charge in [0.15, 0.2) is 0 Å². The number of hydrogen-bond acceptors (Lipinski definition) is 10. The third-order valence-corrected chi connectivity index (χ3v) is 7.23. The molecule has 1 N–H and O–H groups in total. The standard InChI is InChI=1S/C28H31N9O3/c38-37(39)23-10-8-21(9-11-23)19-36-20-22(24-6-2-3-7-25(24)36)18-29-33-26-30-27(34-12-4-1-5-13-34)32-28(31-26)35-14-16-40-17-15-35/h2-3,6-11,18,20H,1,4-5,12-17,19H2,(H,30,31,32,33)/b29-18-. The number of anilines is 3. The van der Waals surface area contributed by atoms with Crippen LogP contribution in [0.1, 0.15) is 30.4 Å². The Morgan fingerprint density at radius 3 is 2.35 bits per heavy atom. The number of piperidine rings is 1. The summed E-state index contributed by atoms with van der Waals surface area (Å²) in [6, 6.07) is 14.7. The van der Waals surface area contributed by atoms with E-state index >= 15 is 0 Å². The first-order valence-electron chi connectivity index (χ1n) is 13.6. The second-order valence-electron chi connectivity index (χ2n) is 9.93. The van der Waals surface area contributed by atoms with Crippen LogP contribution in [0.4, 0.5) is 23.5 Å². The van der Waals surface area contributed by atoms with E-state index in [0.717, 1.165) is 61.1 Å². The van der Waals surface area contributed by atoms with Crippen molar-refractivity contribution in [3.63, 3.8) is 0 Å². The number of ether oxygens (including phenoxy) is 1. The van der Waals surface area contributed by atoms with E-state index in [9.17, 15) is 10.1 Å². The van der Waals surface area contributed by atoms with Gasteiger partial charge in [0, 0.05) is 67.5 Å². The molecule has 2 fully saturated rings. The zero-order valence-electron chi connectivity index (χ0n) is 22.1. The summed E-state index contributed by atoms with van der Waals surface area (Å²) >= 11 is 0. The van der Waals surface area contributed by atoms with Crippen LogP contribution in [-0.2, 0) is 11.3 Å². The molecule has 0 saturated carbocycles. The Bertz CT molecular complexity index is 1470. The molecule has 12 heteroatoms. The first-order valence-corrected chi connectivity index (χ1v) is 13.6. The molecule has 40 heavy (non-hydrogen) atoms. The second kappa shape index (κ2) is 11.7. The molecule has 0 radical (unpaired) electrons. The monoisotopic (exact) mass is 541 g/mol. The van der Waals surface area contributed by atoms with Crippen molar-refractivity contribution in [3.05, 3.63) is 76.0 Å². The van der Waals surface area contributed by atoms with E-state index in [4.69, 9.17) is 14.7 Å². The normalized spacial score (nSPS) is 16.1. The number of aromatic nitrogens is 4. The number of hydrazone groups is 1. The van der Waals surface area contributed by atoms with Crippen molar-refractivity contribution in [2.45, 2.75) is 25.8 Å². The topological polar surface area (TPSA) is 127 Å². The van der Waals surface area contributed by atoms with Gasteiger partial charge in [0.2, 0.25) is 17.8 Å². The Morgan fingerprint density at radius 1 is 0.925 bits per heavy atom. The van der Waals surface area contributed by atoms with Crippen LogP contribution in [0.5, 0.6) is 0 Å². The summed E-state index contributed by atoms with van der Waals surface area (Å²) in [7, 11) is 0. The van der Waals surface area contributed by atoms with Gasteiger partial charge in [-0.25, -0.2) is 5.43 Å². The third kappa shape index (κ3) is 5.71. The SMILES string of the molecule is O=[N+]([O-])c1ccc(Cn2cc(/C=N\Nc3nc(N4CCCCC4)nc(N4CCOCC4)n3)c3ccccc32)cc1. The number of nitro groups is 1. The lowest BCUT2D eigenvalue weighted by Crippen LogP contribution is -2.38.